The van der Waals surface area contributed by atoms with Gasteiger partial charge in [0, 0.05) is 25.6 Å². The van der Waals surface area contributed by atoms with Gasteiger partial charge in [0.15, 0.2) is 0 Å². The molecule has 1 rings (SSSR count). The summed E-state index contributed by atoms with van der Waals surface area (Å²) in [7, 11) is 4.29. The van der Waals surface area contributed by atoms with Crippen LogP contribution in [-0.2, 0) is 0 Å². The molecule has 1 atom stereocenters. The monoisotopic (exact) mass is 181 g/mol. The van der Waals surface area contributed by atoms with Crippen molar-refractivity contribution in [1.29, 1.82) is 5.26 Å². The maximum Gasteiger partial charge on any atom is 0.0635 e. The molecule has 1 heterocycles. The zero-order chi connectivity index (χ0) is 9.68. The highest BCUT2D eigenvalue weighted by Crippen LogP contribution is 2.15. The highest BCUT2D eigenvalue weighted by atomic mass is 15.2. The summed E-state index contributed by atoms with van der Waals surface area (Å²) in [5, 5.41) is 8.44. The number of nitrogens with zero attached hydrogens (tertiary/aromatic N) is 3. The number of hydrogen-bond donors (Lipinski definition) is 0. The molecule has 0 aliphatic carbocycles. The summed E-state index contributed by atoms with van der Waals surface area (Å²) in [4.78, 5) is 4.68. The number of likely N-dealkylation sites (tertiary alicyclic amines) is 1. The standard InChI is InChI=1S/C10H19N3/c1-12(7-4-6-11)9-10-5-3-8-13(10)2/h10H,3-5,7-9H2,1-2H3. The van der Waals surface area contributed by atoms with Gasteiger partial charge in [-0.1, -0.05) is 0 Å². The molecule has 0 aromatic carbocycles. The van der Waals surface area contributed by atoms with Crippen LogP contribution in [0.25, 0.3) is 0 Å². The van der Waals surface area contributed by atoms with Crippen LogP contribution in [0.4, 0.5) is 0 Å². The molecular weight excluding hydrogens is 162 g/mol. The van der Waals surface area contributed by atoms with Crippen LogP contribution in [-0.4, -0.2) is 49.6 Å². The van der Waals surface area contributed by atoms with Crippen molar-refractivity contribution in [3.05, 3.63) is 0 Å². The van der Waals surface area contributed by atoms with Crippen LogP contribution in [0.3, 0.4) is 0 Å². The van der Waals surface area contributed by atoms with Crippen LogP contribution in [0.2, 0.25) is 0 Å². The molecule has 0 radical (unpaired) electrons. The first-order chi connectivity index (χ1) is 6.24. The summed E-state index contributed by atoms with van der Waals surface area (Å²) >= 11 is 0. The first-order valence-electron chi connectivity index (χ1n) is 4.99. The van der Waals surface area contributed by atoms with E-state index in [1.54, 1.807) is 0 Å². The van der Waals surface area contributed by atoms with Crippen molar-refractivity contribution in [1.82, 2.24) is 9.80 Å². The highest BCUT2D eigenvalue weighted by Gasteiger charge is 2.21. The van der Waals surface area contributed by atoms with E-state index >= 15 is 0 Å². The highest BCUT2D eigenvalue weighted by molar-refractivity contribution is 4.80. The summed E-state index contributed by atoms with van der Waals surface area (Å²) in [6.45, 7) is 3.25. The quantitative estimate of drug-likeness (QED) is 0.646. The van der Waals surface area contributed by atoms with E-state index in [0.717, 1.165) is 13.1 Å². The Morgan fingerprint density at radius 3 is 2.92 bits per heavy atom. The van der Waals surface area contributed by atoms with E-state index in [-0.39, 0.29) is 0 Å². The Kier molecular flexibility index (Phi) is 4.20. The number of nitriles is 1. The van der Waals surface area contributed by atoms with E-state index in [2.05, 4.69) is 30.0 Å². The minimum absolute atomic E-state index is 0.646. The Morgan fingerprint density at radius 1 is 1.62 bits per heavy atom. The molecule has 0 spiro atoms. The molecule has 0 amide bonds. The predicted molar refractivity (Wildman–Crippen MR) is 53.4 cm³/mol. The first-order valence-corrected chi connectivity index (χ1v) is 4.99. The molecule has 0 aromatic rings. The van der Waals surface area contributed by atoms with Gasteiger partial charge in [0.1, 0.15) is 0 Å². The second-order valence-corrected chi connectivity index (χ2v) is 3.95. The average Bonchev–Trinajstić information content (AvgIpc) is 2.48. The lowest BCUT2D eigenvalue weighted by molar-refractivity contribution is 0.223. The summed E-state index contributed by atoms with van der Waals surface area (Å²) in [5.74, 6) is 0. The van der Waals surface area contributed by atoms with E-state index in [0.29, 0.717) is 12.5 Å². The molecule has 0 aromatic heterocycles. The molecular formula is C10H19N3. The van der Waals surface area contributed by atoms with E-state index in [4.69, 9.17) is 5.26 Å². The molecule has 1 aliphatic heterocycles. The molecule has 74 valence electrons. The van der Waals surface area contributed by atoms with E-state index in [1.807, 2.05) is 0 Å². The minimum atomic E-state index is 0.646. The van der Waals surface area contributed by atoms with Crippen molar-refractivity contribution in [3.8, 4) is 6.07 Å². The second-order valence-electron chi connectivity index (χ2n) is 3.95. The Hall–Kier alpha value is -0.590. The van der Waals surface area contributed by atoms with E-state index in [9.17, 15) is 0 Å². The van der Waals surface area contributed by atoms with Crippen molar-refractivity contribution in [2.24, 2.45) is 0 Å². The average molecular weight is 181 g/mol. The fourth-order valence-electron chi connectivity index (χ4n) is 1.90. The van der Waals surface area contributed by atoms with Gasteiger partial charge < -0.3 is 9.80 Å². The largest absolute Gasteiger partial charge is 0.304 e. The van der Waals surface area contributed by atoms with Crippen LogP contribution in [0.5, 0.6) is 0 Å². The third kappa shape index (κ3) is 3.33. The lowest BCUT2D eigenvalue weighted by Crippen LogP contribution is -2.36. The van der Waals surface area contributed by atoms with Gasteiger partial charge in [-0.05, 0) is 33.5 Å². The lowest BCUT2D eigenvalue weighted by atomic mass is 10.2. The van der Waals surface area contributed by atoms with Gasteiger partial charge in [-0.25, -0.2) is 0 Å². The SMILES string of the molecule is CN(CCC#N)CC1CCCN1C. The topological polar surface area (TPSA) is 30.3 Å². The van der Waals surface area contributed by atoms with Crippen LogP contribution in [0.15, 0.2) is 0 Å². The third-order valence-electron chi connectivity index (χ3n) is 2.80. The maximum absolute atomic E-state index is 8.44. The van der Waals surface area contributed by atoms with Crippen molar-refractivity contribution in [3.63, 3.8) is 0 Å². The van der Waals surface area contributed by atoms with Crippen LogP contribution >= 0.6 is 0 Å². The van der Waals surface area contributed by atoms with Gasteiger partial charge in [-0.15, -0.1) is 0 Å². The molecule has 0 bridgehead atoms. The third-order valence-corrected chi connectivity index (χ3v) is 2.80. The smallest absolute Gasteiger partial charge is 0.0635 e. The van der Waals surface area contributed by atoms with Gasteiger partial charge >= 0.3 is 0 Å². The van der Waals surface area contributed by atoms with Gasteiger partial charge in [0.2, 0.25) is 0 Å². The van der Waals surface area contributed by atoms with Gasteiger partial charge in [-0.3, -0.25) is 0 Å². The summed E-state index contributed by atoms with van der Waals surface area (Å²) in [6, 6.07) is 2.89. The maximum atomic E-state index is 8.44. The van der Waals surface area contributed by atoms with Crippen LogP contribution < -0.4 is 0 Å². The van der Waals surface area contributed by atoms with Crippen molar-refractivity contribution < 1.29 is 0 Å². The fourth-order valence-corrected chi connectivity index (χ4v) is 1.90. The summed E-state index contributed by atoms with van der Waals surface area (Å²) < 4.78 is 0. The van der Waals surface area contributed by atoms with E-state index < -0.39 is 0 Å². The Balaban J connectivity index is 2.19. The molecule has 0 saturated carbocycles. The second kappa shape index (κ2) is 5.21. The molecule has 1 saturated heterocycles. The summed E-state index contributed by atoms with van der Waals surface area (Å²) in [6.07, 6.45) is 3.29. The van der Waals surface area contributed by atoms with Crippen molar-refractivity contribution in [2.45, 2.75) is 25.3 Å². The zero-order valence-corrected chi connectivity index (χ0v) is 8.66. The molecule has 0 N–H and O–H groups in total. The Bertz CT molecular complexity index is 185. The van der Waals surface area contributed by atoms with E-state index in [1.165, 1.54) is 19.4 Å². The minimum Gasteiger partial charge on any atom is -0.304 e. The predicted octanol–water partition coefficient (Wildman–Crippen LogP) is 0.926. The molecule has 3 nitrogen and oxygen atoms in total. The molecule has 1 unspecified atom stereocenters. The lowest BCUT2D eigenvalue weighted by Gasteiger charge is -2.24. The fraction of sp³-hybridized carbons (Fsp3) is 0.900. The molecule has 1 fully saturated rings. The summed E-state index contributed by atoms with van der Waals surface area (Å²) in [5.41, 5.74) is 0. The van der Waals surface area contributed by atoms with Gasteiger partial charge in [0.05, 0.1) is 6.07 Å². The number of hydrogen-bond acceptors (Lipinski definition) is 3. The normalized spacial score (nSPS) is 23.7. The number of rotatable bonds is 4. The van der Waals surface area contributed by atoms with Gasteiger partial charge in [-0.2, -0.15) is 5.26 Å². The van der Waals surface area contributed by atoms with Crippen LogP contribution in [0, 0.1) is 11.3 Å². The number of likely N-dealkylation sites (N-methyl/N-ethyl adjacent to an activating group) is 2. The molecule has 13 heavy (non-hydrogen) atoms. The van der Waals surface area contributed by atoms with Crippen molar-refractivity contribution >= 4 is 0 Å². The van der Waals surface area contributed by atoms with Crippen LogP contribution in [0.1, 0.15) is 19.3 Å². The first kappa shape index (κ1) is 10.5. The Labute approximate surface area is 80.9 Å². The Morgan fingerprint density at radius 2 is 2.38 bits per heavy atom. The zero-order valence-electron chi connectivity index (χ0n) is 8.66. The van der Waals surface area contributed by atoms with Crippen molar-refractivity contribution in [2.75, 3.05) is 33.7 Å². The van der Waals surface area contributed by atoms with Gasteiger partial charge in [0.25, 0.3) is 0 Å². The molecule has 3 heteroatoms. The molecule has 1 aliphatic rings.